The van der Waals surface area contributed by atoms with Crippen LogP contribution in [0.5, 0.6) is 0 Å². The molecule has 9 heteroatoms. The predicted molar refractivity (Wildman–Crippen MR) is 111 cm³/mol. The molecule has 0 aromatic carbocycles. The second-order valence-electron chi connectivity index (χ2n) is 6.54. The summed E-state index contributed by atoms with van der Waals surface area (Å²) in [5, 5.41) is 14.4. The number of nitrogens with one attached hydrogen (secondary N) is 2. The van der Waals surface area contributed by atoms with Crippen LogP contribution >= 0.6 is 23.1 Å². The molecule has 1 amide bonds. The number of carbonyl (C=O) groups is 1. The molecule has 0 aliphatic carbocycles. The van der Waals surface area contributed by atoms with Crippen molar-refractivity contribution in [2.45, 2.75) is 32.0 Å². The van der Waals surface area contributed by atoms with Crippen molar-refractivity contribution in [2.24, 2.45) is 5.92 Å². The minimum atomic E-state index is 0.0210. The number of aromatic nitrogens is 4. The van der Waals surface area contributed by atoms with Crippen LogP contribution in [0.1, 0.15) is 18.7 Å². The van der Waals surface area contributed by atoms with Crippen molar-refractivity contribution in [1.82, 2.24) is 25.1 Å². The summed E-state index contributed by atoms with van der Waals surface area (Å²) < 4.78 is 1.82. The number of nitrogens with zero attached hydrogens (tertiary/aromatic N) is 4. The van der Waals surface area contributed by atoms with Crippen LogP contribution in [-0.4, -0.2) is 45.0 Å². The Hall–Kier alpha value is -2.13. The minimum absolute atomic E-state index is 0.0210. The first-order chi connectivity index (χ1) is 13.1. The number of amides is 1. The maximum atomic E-state index is 12.0. The molecule has 3 aromatic rings. The fourth-order valence-electron chi connectivity index (χ4n) is 2.56. The molecule has 0 aliphatic rings. The first-order valence-electron chi connectivity index (χ1n) is 8.87. The number of fused-ring (bicyclic) bond motifs is 1. The first kappa shape index (κ1) is 19.6. The van der Waals surface area contributed by atoms with E-state index >= 15 is 0 Å². The summed E-state index contributed by atoms with van der Waals surface area (Å²) in [6.07, 6.45) is 4.16. The van der Waals surface area contributed by atoms with Crippen LogP contribution < -0.4 is 10.6 Å². The van der Waals surface area contributed by atoms with Crippen molar-refractivity contribution in [3.8, 4) is 0 Å². The first-order valence-corrected chi connectivity index (χ1v) is 11.0. The maximum Gasteiger partial charge on any atom is 0.225 e. The number of anilines is 1. The molecule has 144 valence electrons. The van der Waals surface area contributed by atoms with Gasteiger partial charge in [0.15, 0.2) is 10.8 Å². The molecular formula is C18H24N6OS2. The van der Waals surface area contributed by atoms with E-state index in [4.69, 9.17) is 0 Å². The lowest BCUT2D eigenvalue weighted by Crippen LogP contribution is -2.28. The summed E-state index contributed by atoms with van der Waals surface area (Å²) in [6, 6.07) is 3.93. The zero-order valence-electron chi connectivity index (χ0n) is 15.7. The highest BCUT2D eigenvalue weighted by Gasteiger charge is 2.13. The molecule has 0 bridgehead atoms. The lowest BCUT2D eigenvalue weighted by atomic mass is 10.2. The Morgan fingerprint density at radius 2 is 2.22 bits per heavy atom. The van der Waals surface area contributed by atoms with Gasteiger partial charge in [-0.25, -0.2) is 14.6 Å². The van der Waals surface area contributed by atoms with Gasteiger partial charge in [0.25, 0.3) is 0 Å². The standard InChI is InChI=1S/C18H24N6OS2/c1-12(2)10-20-16-14-11-21-24(17(14)23-18(22-16)26-3)7-6-19-15(25)9-13-5-4-8-27-13/h4-5,8,11-12H,6-7,9-10H2,1-3H3,(H,19,25)(H,20,22,23). The maximum absolute atomic E-state index is 12.0. The Bertz CT molecular complexity index is 891. The van der Waals surface area contributed by atoms with Gasteiger partial charge in [-0.3, -0.25) is 4.79 Å². The molecule has 3 aromatic heterocycles. The third kappa shape index (κ3) is 5.20. The highest BCUT2D eigenvalue weighted by Crippen LogP contribution is 2.23. The average molecular weight is 405 g/mol. The van der Waals surface area contributed by atoms with Crippen LogP contribution in [0.2, 0.25) is 0 Å². The van der Waals surface area contributed by atoms with E-state index < -0.39 is 0 Å². The van der Waals surface area contributed by atoms with E-state index in [0.29, 0.717) is 30.6 Å². The van der Waals surface area contributed by atoms with E-state index in [-0.39, 0.29) is 5.91 Å². The van der Waals surface area contributed by atoms with E-state index in [1.54, 1.807) is 17.5 Å². The third-order valence-electron chi connectivity index (χ3n) is 3.90. The van der Waals surface area contributed by atoms with E-state index in [1.165, 1.54) is 11.8 Å². The molecule has 0 atom stereocenters. The van der Waals surface area contributed by atoms with Crippen molar-refractivity contribution < 1.29 is 4.79 Å². The second kappa shape index (κ2) is 9.18. The van der Waals surface area contributed by atoms with Gasteiger partial charge in [0.05, 0.1) is 24.5 Å². The van der Waals surface area contributed by atoms with E-state index in [1.807, 2.05) is 28.5 Å². The quantitative estimate of drug-likeness (QED) is 0.421. The van der Waals surface area contributed by atoms with Crippen molar-refractivity contribution in [3.63, 3.8) is 0 Å². The smallest absolute Gasteiger partial charge is 0.225 e. The number of hydrogen-bond donors (Lipinski definition) is 2. The number of thioether (sulfide) groups is 1. The van der Waals surface area contributed by atoms with Gasteiger partial charge >= 0.3 is 0 Å². The van der Waals surface area contributed by atoms with Crippen molar-refractivity contribution >= 4 is 45.9 Å². The molecular weight excluding hydrogens is 380 g/mol. The minimum Gasteiger partial charge on any atom is -0.369 e. The van der Waals surface area contributed by atoms with Crippen molar-refractivity contribution in [3.05, 3.63) is 28.6 Å². The largest absolute Gasteiger partial charge is 0.369 e. The van der Waals surface area contributed by atoms with Gasteiger partial charge in [-0.2, -0.15) is 5.10 Å². The van der Waals surface area contributed by atoms with Crippen LogP contribution in [0.4, 0.5) is 5.82 Å². The molecule has 0 saturated heterocycles. The van der Waals surface area contributed by atoms with Gasteiger partial charge in [-0.15, -0.1) is 11.3 Å². The summed E-state index contributed by atoms with van der Waals surface area (Å²) >= 11 is 3.10. The Kier molecular flexibility index (Phi) is 6.68. The van der Waals surface area contributed by atoms with E-state index in [0.717, 1.165) is 28.3 Å². The van der Waals surface area contributed by atoms with Crippen LogP contribution in [0.3, 0.4) is 0 Å². The Labute approximate surface area is 167 Å². The highest BCUT2D eigenvalue weighted by atomic mass is 32.2. The Morgan fingerprint density at radius 3 is 2.93 bits per heavy atom. The normalized spacial score (nSPS) is 11.3. The number of thiophene rings is 1. The Morgan fingerprint density at radius 1 is 1.37 bits per heavy atom. The molecule has 0 unspecified atom stereocenters. The lowest BCUT2D eigenvalue weighted by Gasteiger charge is -2.10. The highest BCUT2D eigenvalue weighted by molar-refractivity contribution is 7.98. The van der Waals surface area contributed by atoms with Crippen LogP contribution in [0.15, 0.2) is 28.9 Å². The number of carbonyl (C=O) groups excluding carboxylic acids is 1. The van der Waals surface area contributed by atoms with Gasteiger partial charge in [0.2, 0.25) is 5.91 Å². The molecule has 7 nitrogen and oxygen atoms in total. The summed E-state index contributed by atoms with van der Waals surface area (Å²) in [7, 11) is 0. The Balaban J connectivity index is 1.67. The van der Waals surface area contributed by atoms with Crippen molar-refractivity contribution in [2.75, 3.05) is 24.7 Å². The zero-order valence-corrected chi connectivity index (χ0v) is 17.4. The molecule has 0 saturated carbocycles. The number of hydrogen-bond acceptors (Lipinski definition) is 7. The van der Waals surface area contributed by atoms with Crippen LogP contribution in [0.25, 0.3) is 11.0 Å². The molecule has 27 heavy (non-hydrogen) atoms. The number of rotatable bonds is 9. The van der Waals surface area contributed by atoms with Gasteiger partial charge in [-0.1, -0.05) is 31.7 Å². The van der Waals surface area contributed by atoms with Gasteiger partial charge in [0.1, 0.15) is 5.82 Å². The van der Waals surface area contributed by atoms with Crippen LogP contribution in [0, 0.1) is 5.92 Å². The van der Waals surface area contributed by atoms with Crippen LogP contribution in [-0.2, 0) is 17.8 Å². The fraction of sp³-hybridized carbons (Fsp3) is 0.444. The third-order valence-corrected chi connectivity index (χ3v) is 5.32. The monoisotopic (exact) mass is 404 g/mol. The molecule has 2 N–H and O–H groups in total. The predicted octanol–water partition coefficient (Wildman–Crippen LogP) is 3.04. The SMILES string of the molecule is CSc1nc(NCC(C)C)c2cnn(CCNC(=O)Cc3cccs3)c2n1. The summed E-state index contributed by atoms with van der Waals surface area (Å²) in [4.78, 5) is 22.3. The summed E-state index contributed by atoms with van der Waals surface area (Å²) in [5.41, 5.74) is 0.785. The van der Waals surface area contributed by atoms with E-state index in [9.17, 15) is 4.79 Å². The summed E-state index contributed by atoms with van der Waals surface area (Å²) in [6.45, 7) is 6.22. The molecule has 0 fully saturated rings. The molecule has 0 radical (unpaired) electrons. The van der Waals surface area contributed by atoms with Gasteiger partial charge in [0, 0.05) is 18.0 Å². The molecule has 0 aliphatic heterocycles. The molecule has 0 spiro atoms. The van der Waals surface area contributed by atoms with Gasteiger partial charge < -0.3 is 10.6 Å². The lowest BCUT2D eigenvalue weighted by molar-refractivity contribution is -0.120. The van der Waals surface area contributed by atoms with E-state index in [2.05, 4.69) is 39.5 Å². The fourth-order valence-corrected chi connectivity index (χ4v) is 3.62. The van der Waals surface area contributed by atoms with Crippen molar-refractivity contribution in [1.29, 1.82) is 0 Å². The topological polar surface area (TPSA) is 84.7 Å². The molecule has 3 rings (SSSR count). The van der Waals surface area contributed by atoms with Gasteiger partial charge in [-0.05, 0) is 23.6 Å². The zero-order chi connectivity index (χ0) is 19.2. The summed E-state index contributed by atoms with van der Waals surface area (Å²) in [5.74, 6) is 1.35. The average Bonchev–Trinajstić information content (AvgIpc) is 3.29. The second-order valence-corrected chi connectivity index (χ2v) is 8.35. The molecule has 3 heterocycles.